The van der Waals surface area contributed by atoms with Gasteiger partial charge in [0.2, 0.25) is 5.91 Å². The number of nitrogens with zero attached hydrogens (tertiary/aromatic N) is 1. The molecule has 4 heteroatoms. The van der Waals surface area contributed by atoms with Gasteiger partial charge in [-0.05, 0) is 18.4 Å². The van der Waals surface area contributed by atoms with Crippen LogP contribution in [0.1, 0.15) is 31.2 Å². The molecule has 0 atom stereocenters. The molecule has 1 saturated carbocycles. The van der Waals surface area contributed by atoms with Gasteiger partial charge in [0.15, 0.2) is 0 Å². The van der Waals surface area contributed by atoms with Crippen LogP contribution >= 0.6 is 0 Å². The number of carboxylic acids is 1. The molecule has 20 heavy (non-hydrogen) atoms. The SMILES string of the molecule is O=C(O)CCC(=O)N(C/C=C/c1ccccc1)C1CC1. The summed E-state index contributed by atoms with van der Waals surface area (Å²) in [5.41, 5.74) is 1.10. The van der Waals surface area contributed by atoms with Gasteiger partial charge in [0.25, 0.3) is 0 Å². The zero-order valence-corrected chi connectivity index (χ0v) is 11.4. The summed E-state index contributed by atoms with van der Waals surface area (Å²) in [6, 6.07) is 10.2. The zero-order chi connectivity index (χ0) is 14.4. The van der Waals surface area contributed by atoms with Crippen LogP contribution in [0.25, 0.3) is 6.08 Å². The molecule has 1 aliphatic carbocycles. The Labute approximate surface area is 118 Å². The van der Waals surface area contributed by atoms with Crippen molar-refractivity contribution in [3.8, 4) is 0 Å². The van der Waals surface area contributed by atoms with Crippen LogP contribution < -0.4 is 0 Å². The van der Waals surface area contributed by atoms with E-state index in [-0.39, 0.29) is 18.7 Å². The number of benzene rings is 1. The van der Waals surface area contributed by atoms with Gasteiger partial charge >= 0.3 is 5.97 Å². The van der Waals surface area contributed by atoms with Crippen molar-refractivity contribution in [2.24, 2.45) is 0 Å². The summed E-state index contributed by atoms with van der Waals surface area (Å²) in [7, 11) is 0. The fourth-order valence-electron chi connectivity index (χ4n) is 2.06. The van der Waals surface area contributed by atoms with Crippen LogP contribution in [0, 0.1) is 0 Å². The summed E-state index contributed by atoms with van der Waals surface area (Å²) < 4.78 is 0. The van der Waals surface area contributed by atoms with Gasteiger partial charge in [0.1, 0.15) is 0 Å². The highest BCUT2D eigenvalue weighted by Gasteiger charge is 2.31. The second kappa shape index (κ2) is 6.89. The van der Waals surface area contributed by atoms with E-state index in [1.165, 1.54) is 0 Å². The molecule has 0 bridgehead atoms. The first-order valence-corrected chi connectivity index (χ1v) is 6.89. The molecular formula is C16H19NO3. The quantitative estimate of drug-likeness (QED) is 0.830. The Morgan fingerprint density at radius 2 is 1.90 bits per heavy atom. The second-order valence-electron chi connectivity index (χ2n) is 4.98. The van der Waals surface area contributed by atoms with E-state index in [9.17, 15) is 9.59 Å². The van der Waals surface area contributed by atoms with Crippen LogP contribution in [0.2, 0.25) is 0 Å². The Bertz CT molecular complexity index is 492. The number of hydrogen-bond acceptors (Lipinski definition) is 2. The standard InChI is InChI=1S/C16H19NO3/c18-15(10-11-16(19)20)17(14-8-9-14)12-4-7-13-5-2-1-3-6-13/h1-7,14H,8-12H2,(H,19,20)/b7-4+. The molecule has 0 saturated heterocycles. The summed E-state index contributed by atoms with van der Waals surface area (Å²) in [4.78, 5) is 24.3. The molecule has 2 rings (SSSR count). The summed E-state index contributed by atoms with van der Waals surface area (Å²) in [5.74, 6) is -0.985. The molecule has 1 N–H and O–H groups in total. The van der Waals surface area contributed by atoms with E-state index in [1.54, 1.807) is 4.90 Å². The molecule has 1 aromatic rings. The lowest BCUT2D eigenvalue weighted by atomic mass is 10.2. The summed E-state index contributed by atoms with van der Waals surface area (Å²) in [5, 5.41) is 8.64. The maximum Gasteiger partial charge on any atom is 0.303 e. The highest BCUT2D eigenvalue weighted by molar-refractivity contribution is 5.81. The van der Waals surface area contributed by atoms with Crippen molar-refractivity contribution in [2.45, 2.75) is 31.7 Å². The third-order valence-electron chi connectivity index (χ3n) is 3.27. The normalized spacial score (nSPS) is 14.4. The molecule has 1 fully saturated rings. The van der Waals surface area contributed by atoms with Crippen molar-refractivity contribution in [1.29, 1.82) is 0 Å². The molecule has 0 aromatic heterocycles. The third kappa shape index (κ3) is 4.53. The largest absolute Gasteiger partial charge is 0.481 e. The lowest BCUT2D eigenvalue weighted by molar-refractivity contribution is -0.140. The Hall–Kier alpha value is -2.10. The molecule has 1 aromatic carbocycles. The Morgan fingerprint density at radius 1 is 1.20 bits per heavy atom. The number of carboxylic acid groups (broad SMARTS) is 1. The smallest absolute Gasteiger partial charge is 0.303 e. The molecule has 4 nitrogen and oxygen atoms in total. The third-order valence-corrected chi connectivity index (χ3v) is 3.27. The summed E-state index contributed by atoms with van der Waals surface area (Å²) >= 11 is 0. The first kappa shape index (κ1) is 14.3. The number of aliphatic carboxylic acids is 1. The first-order valence-electron chi connectivity index (χ1n) is 6.89. The Kier molecular flexibility index (Phi) is 4.93. The number of rotatable bonds is 7. The van der Waals surface area contributed by atoms with Gasteiger partial charge in [0.05, 0.1) is 6.42 Å². The fraction of sp³-hybridized carbons (Fsp3) is 0.375. The number of carbonyl (C=O) groups is 2. The molecular weight excluding hydrogens is 254 g/mol. The highest BCUT2D eigenvalue weighted by atomic mass is 16.4. The number of amides is 1. The van der Waals surface area contributed by atoms with Gasteiger partial charge in [-0.2, -0.15) is 0 Å². The van der Waals surface area contributed by atoms with E-state index in [0.29, 0.717) is 12.6 Å². The predicted octanol–water partition coefficient (Wildman–Crippen LogP) is 2.56. The van der Waals surface area contributed by atoms with E-state index in [0.717, 1.165) is 18.4 Å². The minimum Gasteiger partial charge on any atom is -0.481 e. The highest BCUT2D eigenvalue weighted by Crippen LogP contribution is 2.27. The molecule has 106 valence electrons. The minimum absolute atomic E-state index is 0.0624. The van der Waals surface area contributed by atoms with Crippen LogP contribution in [0.3, 0.4) is 0 Å². The van der Waals surface area contributed by atoms with Crippen LogP contribution in [0.5, 0.6) is 0 Å². The number of hydrogen-bond donors (Lipinski definition) is 1. The lowest BCUT2D eigenvalue weighted by Gasteiger charge is -2.20. The van der Waals surface area contributed by atoms with E-state index in [4.69, 9.17) is 5.11 Å². The van der Waals surface area contributed by atoms with Crippen LogP contribution in [0.15, 0.2) is 36.4 Å². The first-order chi connectivity index (χ1) is 9.66. The Balaban J connectivity index is 1.88. The van der Waals surface area contributed by atoms with Crippen LogP contribution in [-0.2, 0) is 9.59 Å². The summed E-state index contributed by atoms with van der Waals surface area (Å²) in [6.07, 6.45) is 6.00. The average molecular weight is 273 g/mol. The van der Waals surface area contributed by atoms with Crippen molar-refractivity contribution in [2.75, 3.05) is 6.54 Å². The van der Waals surface area contributed by atoms with Crippen molar-refractivity contribution >= 4 is 18.0 Å². The molecule has 0 aliphatic heterocycles. The van der Waals surface area contributed by atoms with Crippen molar-refractivity contribution in [1.82, 2.24) is 4.90 Å². The molecule has 0 heterocycles. The fourth-order valence-corrected chi connectivity index (χ4v) is 2.06. The molecule has 1 aliphatic rings. The van der Waals surface area contributed by atoms with Gasteiger partial charge in [-0.1, -0.05) is 42.5 Å². The zero-order valence-electron chi connectivity index (χ0n) is 11.4. The van der Waals surface area contributed by atoms with Gasteiger partial charge < -0.3 is 10.0 Å². The predicted molar refractivity (Wildman–Crippen MR) is 77.1 cm³/mol. The monoisotopic (exact) mass is 273 g/mol. The van der Waals surface area contributed by atoms with E-state index < -0.39 is 5.97 Å². The second-order valence-corrected chi connectivity index (χ2v) is 4.98. The Morgan fingerprint density at radius 3 is 2.50 bits per heavy atom. The van der Waals surface area contributed by atoms with Crippen molar-refractivity contribution in [3.63, 3.8) is 0 Å². The average Bonchev–Trinajstić information content (AvgIpc) is 3.26. The van der Waals surface area contributed by atoms with Crippen molar-refractivity contribution < 1.29 is 14.7 Å². The van der Waals surface area contributed by atoms with Gasteiger partial charge in [-0.3, -0.25) is 9.59 Å². The molecule has 1 amide bonds. The van der Waals surface area contributed by atoms with Gasteiger partial charge in [0, 0.05) is 19.0 Å². The van der Waals surface area contributed by atoms with E-state index in [1.807, 2.05) is 42.5 Å². The summed E-state index contributed by atoms with van der Waals surface area (Å²) in [6.45, 7) is 0.554. The van der Waals surface area contributed by atoms with Crippen LogP contribution in [0.4, 0.5) is 0 Å². The molecule has 0 unspecified atom stereocenters. The van der Waals surface area contributed by atoms with Gasteiger partial charge in [-0.15, -0.1) is 0 Å². The molecule has 0 radical (unpaired) electrons. The number of carbonyl (C=O) groups excluding carboxylic acids is 1. The topological polar surface area (TPSA) is 57.6 Å². The van der Waals surface area contributed by atoms with Crippen molar-refractivity contribution in [3.05, 3.63) is 42.0 Å². The maximum atomic E-state index is 12.0. The molecule has 0 spiro atoms. The minimum atomic E-state index is -0.922. The maximum absolute atomic E-state index is 12.0. The van der Waals surface area contributed by atoms with Gasteiger partial charge in [-0.25, -0.2) is 0 Å². The van der Waals surface area contributed by atoms with E-state index in [2.05, 4.69) is 0 Å². The lowest BCUT2D eigenvalue weighted by Crippen LogP contribution is -2.33. The van der Waals surface area contributed by atoms with E-state index >= 15 is 0 Å². The van der Waals surface area contributed by atoms with Crippen LogP contribution in [-0.4, -0.2) is 34.5 Å².